The minimum absolute atomic E-state index is 0.274. The summed E-state index contributed by atoms with van der Waals surface area (Å²) in [5.41, 5.74) is 9.18. The Balaban J connectivity index is 2.62. The first-order valence-corrected chi connectivity index (χ1v) is 6.88. The number of nitriles is 1. The van der Waals surface area contributed by atoms with Gasteiger partial charge < -0.3 is 10.5 Å². The predicted octanol–water partition coefficient (Wildman–Crippen LogP) is 3.41. The summed E-state index contributed by atoms with van der Waals surface area (Å²) in [5, 5.41) is 9.43. The Hall–Kier alpha value is -2.54. The third-order valence-corrected chi connectivity index (χ3v) is 3.31. The van der Waals surface area contributed by atoms with Crippen molar-refractivity contribution in [1.29, 1.82) is 5.26 Å². The predicted molar refractivity (Wildman–Crippen MR) is 83.9 cm³/mol. The molecule has 0 aliphatic carbocycles. The molecule has 2 N–H and O–H groups in total. The van der Waals surface area contributed by atoms with Crippen LogP contribution in [-0.2, 0) is 6.42 Å². The van der Waals surface area contributed by atoms with Gasteiger partial charge in [-0.05, 0) is 35.6 Å². The highest BCUT2D eigenvalue weighted by Gasteiger charge is 2.16. The molecule has 0 fully saturated rings. The third-order valence-electron chi connectivity index (χ3n) is 3.31. The van der Waals surface area contributed by atoms with Gasteiger partial charge in [0, 0.05) is 11.8 Å². The molecule has 1 aromatic carbocycles. The van der Waals surface area contributed by atoms with Crippen LogP contribution in [0, 0.1) is 17.2 Å². The van der Waals surface area contributed by atoms with Crippen molar-refractivity contribution in [2.24, 2.45) is 5.92 Å². The number of hydrogen-bond acceptors (Lipinski definition) is 4. The zero-order valence-electron chi connectivity index (χ0n) is 12.6. The normalized spacial score (nSPS) is 10.4. The lowest BCUT2D eigenvalue weighted by Crippen LogP contribution is -2.04. The summed E-state index contributed by atoms with van der Waals surface area (Å²) >= 11 is 0. The summed E-state index contributed by atoms with van der Waals surface area (Å²) in [7, 11) is 1.63. The fraction of sp³-hybridized carbons (Fsp3) is 0.294. The molecule has 4 nitrogen and oxygen atoms in total. The van der Waals surface area contributed by atoms with Crippen molar-refractivity contribution in [3.05, 3.63) is 41.6 Å². The van der Waals surface area contributed by atoms with Gasteiger partial charge in [-0.25, -0.2) is 4.98 Å². The number of nitrogen functional groups attached to an aromatic ring is 1. The largest absolute Gasteiger partial charge is 0.497 e. The van der Waals surface area contributed by atoms with Gasteiger partial charge in [0.1, 0.15) is 23.2 Å². The van der Waals surface area contributed by atoms with E-state index in [1.54, 1.807) is 13.3 Å². The molecular formula is C17H19N3O. The highest BCUT2D eigenvalue weighted by molar-refractivity contribution is 5.78. The molecule has 0 radical (unpaired) electrons. The first kappa shape index (κ1) is 14.9. The van der Waals surface area contributed by atoms with Gasteiger partial charge in [-0.15, -0.1) is 0 Å². The second-order valence-corrected chi connectivity index (χ2v) is 5.36. The van der Waals surface area contributed by atoms with Crippen molar-refractivity contribution < 1.29 is 4.74 Å². The molecule has 0 bridgehead atoms. The smallest absolute Gasteiger partial charge is 0.141 e. The molecule has 0 aliphatic heterocycles. The second kappa shape index (κ2) is 6.27. The van der Waals surface area contributed by atoms with E-state index in [2.05, 4.69) is 24.9 Å². The van der Waals surface area contributed by atoms with Crippen LogP contribution in [0.5, 0.6) is 5.75 Å². The Morgan fingerprint density at radius 1 is 1.29 bits per heavy atom. The van der Waals surface area contributed by atoms with E-state index < -0.39 is 0 Å². The van der Waals surface area contributed by atoms with Crippen molar-refractivity contribution in [3.8, 4) is 22.9 Å². The molecular weight excluding hydrogens is 262 g/mol. The maximum atomic E-state index is 9.43. The molecule has 2 aromatic rings. The van der Waals surface area contributed by atoms with Crippen LogP contribution >= 0.6 is 0 Å². The number of methoxy groups -OCH3 is 1. The zero-order valence-corrected chi connectivity index (χ0v) is 12.6. The fourth-order valence-corrected chi connectivity index (χ4v) is 2.36. The van der Waals surface area contributed by atoms with E-state index in [9.17, 15) is 5.26 Å². The number of aromatic nitrogens is 1. The van der Waals surface area contributed by atoms with Crippen LogP contribution < -0.4 is 10.5 Å². The molecule has 0 spiro atoms. The standard InChI is InChI=1S/C17H19N3O/c1-11(2)8-13-10-20-17(19)15(9-18)16(13)12-4-6-14(21-3)7-5-12/h4-7,10-11H,8H2,1-3H3,(H2,19,20). The number of hydrogen-bond donors (Lipinski definition) is 1. The van der Waals surface area contributed by atoms with E-state index in [0.717, 1.165) is 28.9 Å². The van der Waals surface area contributed by atoms with Crippen LogP contribution in [0.15, 0.2) is 30.5 Å². The summed E-state index contributed by atoms with van der Waals surface area (Å²) in [6.45, 7) is 4.28. The summed E-state index contributed by atoms with van der Waals surface area (Å²) in [4.78, 5) is 4.15. The third kappa shape index (κ3) is 3.14. The van der Waals surface area contributed by atoms with Crippen LogP contribution in [0.3, 0.4) is 0 Å². The molecule has 0 unspecified atom stereocenters. The molecule has 0 amide bonds. The summed E-state index contributed by atoms with van der Waals surface area (Å²) < 4.78 is 5.18. The van der Waals surface area contributed by atoms with E-state index in [0.29, 0.717) is 11.5 Å². The van der Waals surface area contributed by atoms with Crippen LogP contribution in [0.2, 0.25) is 0 Å². The molecule has 0 atom stereocenters. The van der Waals surface area contributed by atoms with Crippen molar-refractivity contribution >= 4 is 5.82 Å². The van der Waals surface area contributed by atoms with E-state index in [4.69, 9.17) is 10.5 Å². The number of nitrogens with two attached hydrogens (primary N) is 1. The highest BCUT2D eigenvalue weighted by Crippen LogP contribution is 2.32. The first-order chi connectivity index (χ1) is 10.1. The Labute approximate surface area is 125 Å². The number of nitrogens with zero attached hydrogens (tertiary/aromatic N) is 2. The van der Waals surface area contributed by atoms with Crippen molar-refractivity contribution in [3.63, 3.8) is 0 Å². The van der Waals surface area contributed by atoms with Gasteiger partial charge >= 0.3 is 0 Å². The number of rotatable bonds is 4. The van der Waals surface area contributed by atoms with Gasteiger partial charge in [0.25, 0.3) is 0 Å². The molecule has 4 heteroatoms. The zero-order chi connectivity index (χ0) is 15.4. The van der Waals surface area contributed by atoms with E-state index in [-0.39, 0.29) is 5.82 Å². The van der Waals surface area contributed by atoms with Gasteiger partial charge in [-0.2, -0.15) is 5.26 Å². The lowest BCUT2D eigenvalue weighted by molar-refractivity contribution is 0.415. The van der Waals surface area contributed by atoms with Crippen LogP contribution in [0.4, 0.5) is 5.82 Å². The van der Waals surface area contributed by atoms with Gasteiger partial charge in [-0.1, -0.05) is 26.0 Å². The summed E-state index contributed by atoms with van der Waals surface area (Å²) in [5.74, 6) is 1.53. The van der Waals surface area contributed by atoms with Gasteiger partial charge in [0.2, 0.25) is 0 Å². The molecule has 108 valence electrons. The lowest BCUT2D eigenvalue weighted by Gasteiger charge is -2.14. The average Bonchev–Trinajstić information content (AvgIpc) is 2.48. The first-order valence-electron chi connectivity index (χ1n) is 6.88. The van der Waals surface area contributed by atoms with Crippen LogP contribution in [0.1, 0.15) is 25.0 Å². The molecule has 1 aromatic heterocycles. The van der Waals surface area contributed by atoms with Gasteiger partial charge in [0.15, 0.2) is 0 Å². The monoisotopic (exact) mass is 281 g/mol. The molecule has 0 saturated heterocycles. The maximum Gasteiger partial charge on any atom is 0.141 e. The SMILES string of the molecule is COc1ccc(-c2c(CC(C)C)cnc(N)c2C#N)cc1. The molecule has 2 rings (SSSR count). The lowest BCUT2D eigenvalue weighted by atomic mass is 9.92. The topological polar surface area (TPSA) is 71.9 Å². The van der Waals surface area contributed by atoms with Crippen molar-refractivity contribution in [2.75, 3.05) is 12.8 Å². The van der Waals surface area contributed by atoms with E-state index in [1.165, 1.54) is 0 Å². The summed E-state index contributed by atoms with van der Waals surface area (Å²) in [6.07, 6.45) is 2.62. The van der Waals surface area contributed by atoms with Gasteiger partial charge in [-0.3, -0.25) is 0 Å². The molecule has 21 heavy (non-hydrogen) atoms. The second-order valence-electron chi connectivity index (χ2n) is 5.36. The number of ether oxygens (including phenoxy) is 1. The minimum Gasteiger partial charge on any atom is -0.497 e. The van der Waals surface area contributed by atoms with E-state index >= 15 is 0 Å². The van der Waals surface area contributed by atoms with Crippen LogP contribution in [0.25, 0.3) is 11.1 Å². The van der Waals surface area contributed by atoms with Crippen LogP contribution in [-0.4, -0.2) is 12.1 Å². The maximum absolute atomic E-state index is 9.43. The Morgan fingerprint density at radius 2 is 1.95 bits per heavy atom. The molecule has 0 aliphatic rings. The fourth-order valence-electron chi connectivity index (χ4n) is 2.36. The minimum atomic E-state index is 0.274. The van der Waals surface area contributed by atoms with E-state index in [1.807, 2.05) is 24.3 Å². The Bertz CT molecular complexity index is 670. The average molecular weight is 281 g/mol. The summed E-state index contributed by atoms with van der Waals surface area (Å²) in [6, 6.07) is 9.83. The van der Waals surface area contributed by atoms with Crippen molar-refractivity contribution in [2.45, 2.75) is 20.3 Å². The molecule has 1 heterocycles. The Morgan fingerprint density at radius 3 is 2.48 bits per heavy atom. The highest BCUT2D eigenvalue weighted by atomic mass is 16.5. The molecule has 0 saturated carbocycles. The quantitative estimate of drug-likeness (QED) is 0.932. The Kier molecular flexibility index (Phi) is 4.44. The van der Waals surface area contributed by atoms with Gasteiger partial charge in [0.05, 0.1) is 7.11 Å². The number of benzene rings is 1. The number of pyridine rings is 1. The number of anilines is 1. The van der Waals surface area contributed by atoms with Crippen molar-refractivity contribution in [1.82, 2.24) is 4.98 Å².